The molecular weight excluding hydrogens is 396 g/mol. The molecule has 0 heterocycles. The maximum absolute atomic E-state index is 12.1. The smallest absolute Gasteiger partial charge is 0.251 e. The Morgan fingerprint density at radius 2 is 1.88 bits per heavy atom. The Bertz CT molecular complexity index is 836. The first-order valence-corrected chi connectivity index (χ1v) is 9.38. The largest absolute Gasteiger partial charge is 0.496 e. The molecule has 0 spiro atoms. The van der Waals surface area contributed by atoms with Crippen molar-refractivity contribution in [2.24, 2.45) is 5.14 Å². The summed E-state index contributed by atoms with van der Waals surface area (Å²) in [5.41, 5.74) is 1.42. The summed E-state index contributed by atoms with van der Waals surface area (Å²) < 4.78 is 28.2. The molecule has 0 aromatic heterocycles. The first-order valence-electron chi connectivity index (χ1n) is 7.05. The van der Waals surface area contributed by atoms with Gasteiger partial charge in [0.1, 0.15) is 5.75 Å². The van der Waals surface area contributed by atoms with Crippen molar-refractivity contribution in [1.29, 1.82) is 0 Å². The van der Waals surface area contributed by atoms with E-state index in [0.717, 1.165) is 5.56 Å². The monoisotopic (exact) mass is 412 g/mol. The third kappa shape index (κ3) is 4.80. The number of hydrogen-bond donors (Lipinski definition) is 2. The van der Waals surface area contributed by atoms with Crippen molar-refractivity contribution in [3.05, 3.63) is 58.1 Å². The second-order valence-corrected chi connectivity index (χ2v) is 7.46. The molecule has 0 saturated carbocycles. The van der Waals surface area contributed by atoms with E-state index in [2.05, 4.69) is 21.2 Å². The number of hydrogen-bond acceptors (Lipinski definition) is 4. The Kier molecular flexibility index (Phi) is 5.98. The van der Waals surface area contributed by atoms with Gasteiger partial charge in [-0.3, -0.25) is 4.79 Å². The molecule has 0 radical (unpaired) electrons. The fraction of sp³-hybridized carbons (Fsp3) is 0.188. The highest BCUT2D eigenvalue weighted by atomic mass is 79.9. The van der Waals surface area contributed by atoms with Gasteiger partial charge in [-0.25, -0.2) is 13.6 Å². The number of amides is 1. The molecule has 0 saturated heterocycles. The number of nitrogens with two attached hydrogens (primary N) is 1. The number of rotatable bonds is 6. The minimum absolute atomic E-state index is 0.0679. The van der Waals surface area contributed by atoms with Crippen LogP contribution in [0, 0.1) is 0 Å². The van der Waals surface area contributed by atoms with Gasteiger partial charge in [-0.1, -0.05) is 12.1 Å². The zero-order valence-corrected chi connectivity index (χ0v) is 15.4. The fourth-order valence-corrected chi connectivity index (χ4v) is 3.13. The number of nitrogens with one attached hydrogen (secondary N) is 1. The van der Waals surface area contributed by atoms with Gasteiger partial charge < -0.3 is 10.1 Å². The van der Waals surface area contributed by atoms with Crippen LogP contribution in [0.25, 0.3) is 0 Å². The quantitative estimate of drug-likeness (QED) is 0.758. The van der Waals surface area contributed by atoms with Crippen molar-refractivity contribution in [1.82, 2.24) is 5.32 Å². The third-order valence-electron chi connectivity index (χ3n) is 3.37. The van der Waals surface area contributed by atoms with E-state index >= 15 is 0 Å². The van der Waals surface area contributed by atoms with Crippen LogP contribution < -0.4 is 15.2 Å². The van der Waals surface area contributed by atoms with Crippen molar-refractivity contribution in [2.45, 2.75) is 11.3 Å². The lowest BCUT2D eigenvalue weighted by atomic mass is 10.1. The van der Waals surface area contributed by atoms with Gasteiger partial charge >= 0.3 is 0 Å². The summed E-state index contributed by atoms with van der Waals surface area (Å²) in [6, 6.07) is 11.3. The van der Waals surface area contributed by atoms with Crippen LogP contribution in [0.15, 0.2) is 51.8 Å². The van der Waals surface area contributed by atoms with Crippen LogP contribution in [0.5, 0.6) is 5.75 Å². The summed E-state index contributed by atoms with van der Waals surface area (Å²) in [7, 11) is -2.13. The first kappa shape index (κ1) is 18.4. The lowest BCUT2D eigenvalue weighted by Gasteiger charge is -2.08. The molecule has 0 aliphatic carbocycles. The Labute approximate surface area is 149 Å². The highest BCUT2D eigenvalue weighted by Gasteiger charge is 2.09. The molecule has 8 heteroatoms. The van der Waals surface area contributed by atoms with Gasteiger partial charge in [0, 0.05) is 12.1 Å². The Balaban J connectivity index is 1.92. The van der Waals surface area contributed by atoms with E-state index in [0.29, 0.717) is 28.8 Å². The number of halogens is 1. The molecule has 0 fully saturated rings. The fourth-order valence-electron chi connectivity index (χ4n) is 2.08. The molecule has 0 aliphatic rings. The summed E-state index contributed by atoms with van der Waals surface area (Å²) in [5.74, 6) is 0.459. The van der Waals surface area contributed by atoms with Gasteiger partial charge in [0.15, 0.2) is 0 Å². The number of carbonyl (C=O) groups is 1. The van der Waals surface area contributed by atoms with E-state index in [1.54, 1.807) is 37.4 Å². The normalized spacial score (nSPS) is 11.1. The molecule has 6 nitrogen and oxygen atoms in total. The molecular formula is C16H17BrN2O4S. The van der Waals surface area contributed by atoms with Crippen LogP contribution in [0.1, 0.15) is 15.9 Å². The Hall–Kier alpha value is -1.90. The molecule has 2 aromatic rings. The van der Waals surface area contributed by atoms with Crippen molar-refractivity contribution in [3.8, 4) is 5.75 Å². The van der Waals surface area contributed by atoms with Crippen LogP contribution in [-0.4, -0.2) is 28.0 Å². The lowest BCUT2D eigenvalue weighted by molar-refractivity contribution is 0.0954. The number of primary sulfonamides is 1. The van der Waals surface area contributed by atoms with Crippen molar-refractivity contribution in [2.75, 3.05) is 13.7 Å². The molecule has 1 amide bonds. The van der Waals surface area contributed by atoms with Gasteiger partial charge in [0.2, 0.25) is 10.0 Å². The minimum atomic E-state index is -3.68. The molecule has 24 heavy (non-hydrogen) atoms. The van der Waals surface area contributed by atoms with Gasteiger partial charge in [-0.2, -0.15) is 0 Å². The Morgan fingerprint density at radius 3 is 2.42 bits per heavy atom. The minimum Gasteiger partial charge on any atom is -0.496 e. The van der Waals surface area contributed by atoms with Crippen LogP contribution in [0.3, 0.4) is 0 Å². The maximum atomic E-state index is 12.1. The summed E-state index contributed by atoms with van der Waals surface area (Å²) in [6.07, 6.45) is 0.577. The highest BCUT2D eigenvalue weighted by Crippen LogP contribution is 2.25. The predicted molar refractivity (Wildman–Crippen MR) is 94.5 cm³/mol. The Morgan fingerprint density at radius 1 is 1.21 bits per heavy atom. The average molecular weight is 413 g/mol. The molecule has 0 aliphatic heterocycles. The molecule has 0 unspecified atom stereocenters. The van der Waals surface area contributed by atoms with Crippen LogP contribution in [0.4, 0.5) is 0 Å². The molecule has 3 N–H and O–H groups in total. The van der Waals surface area contributed by atoms with E-state index < -0.39 is 10.0 Å². The van der Waals surface area contributed by atoms with Crippen LogP contribution in [0.2, 0.25) is 0 Å². The van der Waals surface area contributed by atoms with Gasteiger partial charge in [-0.15, -0.1) is 0 Å². The standard InChI is InChI=1S/C16H17BrN2O4S/c1-23-15-7-4-12(10-14(15)17)16(20)19-9-8-11-2-5-13(6-3-11)24(18,21)22/h2-7,10H,8-9H2,1H3,(H,19,20)(H2,18,21,22). The number of methoxy groups -OCH3 is 1. The summed E-state index contributed by atoms with van der Waals surface area (Å²) in [6.45, 7) is 0.428. The summed E-state index contributed by atoms with van der Waals surface area (Å²) in [4.78, 5) is 12.2. The molecule has 0 bridgehead atoms. The highest BCUT2D eigenvalue weighted by molar-refractivity contribution is 9.10. The maximum Gasteiger partial charge on any atom is 0.251 e. The number of ether oxygens (including phenoxy) is 1. The molecule has 2 rings (SSSR count). The molecule has 128 valence electrons. The number of carbonyl (C=O) groups excluding carboxylic acids is 1. The average Bonchev–Trinajstić information content (AvgIpc) is 2.54. The third-order valence-corrected chi connectivity index (χ3v) is 4.91. The second-order valence-electron chi connectivity index (χ2n) is 5.04. The van der Waals surface area contributed by atoms with Gasteiger partial charge in [0.05, 0.1) is 16.5 Å². The predicted octanol–water partition coefficient (Wildman–Crippen LogP) is 2.08. The zero-order chi connectivity index (χ0) is 17.7. The van der Waals surface area contributed by atoms with Gasteiger partial charge in [0.25, 0.3) is 5.91 Å². The van der Waals surface area contributed by atoms with Crippen LogP contribution >= 0.6 is 15.9 Å². The van der Waals surface area contributed by atoms with Crippen LogP contribution in [-0.2, 0) is 16.4 Å². The van der Waals surface area contributed by atoms with E-state index in [-0.39, 0.29) is 10.8 Å². The van der Waals surface area contributed by atoms with Gasteiger partial charge in [-0.05, 0) is 58.2 Å². The van der Waals surface area contributed by atoms with Crippen molar-refractivity contribution < 1.29 is 17.9 Å². The van der Waals surface area contributed by atoms with E-state index in [9.17, 15) is 13.2 Å². The van der Waals surface area contributed by atoms with Crippen molar-refractivity contribution in [3.63, 3.8) is 0 Å². The zero-order valence-electron chi connectivity index (χ0n) is 13.0. The first-order chi connectivity index (χ1) is 11.3. The van der Waals surface area contributed by atoms with E-state index in [4.69, 9.17) is 9.88 Å². The molecule has 2 aromatic carbocycles. The number of sulfonamides is 1. The SMILES string of the molecule is COc1ccc(C(=O)NCCc2ccc(S(N)(=O)=O)cc2)cc1Br. The van der Waals surface area contributed by atoms with E-state index in [1.807, 2.05) is 0 Å². The van der Waals surface area contributed by atoms with Crippen molar-refractivity contribution >= 4 is 31.9 Å². The van der Waals surface area contributed by atoms with E-state index in [1.165, 1.54) is 12.1 Å². The summed E-state index contributed by atoms with van der Waals surface area (Å²) in [5, 5.41) is 7.86. The number of benzene rings is 2. The topological polar surface area (TPSA) is 98.5 Å². The molecule has 0 atom stereocenters. The summed E-state index contributed by atoms with van der Waals surface area (Å²) >= 11 is 3.34. The second kappa shape index (κ2) is 7.78. The lowest BCUT2D eigenvalue weighted by Crippen LogP contribution is -2.25.